The quantitative estimate of drug-likeness (QED) is 0.885. The number of pyridine rings is 1. The molecule has 1 aromatic carbocycles. The summed E-state index contributed by atoms with van der Waals surface area (Å²) in [7, 11) is 0. The number of carbonyl (C=O) groups is 2. The van der Waals surface area contributed by atoms with E-state index in [0.717, 1.165) is 5.39 Å². The average molecular weight is 286 g/mol. The third kappa shape index (κ3) is 2.72. The summed E-state index contributed by atoms with van der Waals surface area (Å²) in [6.45, 7) is 3.49. The zero-order chi connectivity index (χ0) is 15.5. The molecule has 2 rings (SSSR count). The third-order valence-electron chi connectivity index (χ3n) is 3.86. The first-order valence-electron chi connectivity index (χ1n) is 6.93. The molecule has 21 heavy (non-hydrogen) atoms. The minimum absolute atomic E-state index is 0.251. The Morgan fingerprint density at radius 1 is 1.19 bits per heavy atom. The number of aromatic nitrogens is 1. The Balaban J connectivity index is 2.41. The molecule has 1 heterocycles. The molecule has 0 bridgehead atoms. The van der Waals surface area contributed by atoms with Gasteiger partial charge in [-0.15, -0.1) is 0 Å². The molecule has 2 N–H and O–H groups in total. The zero-order valence-corrected chi connectivity index (χ0v) is 12.1. The Kier molecular flexibility index (Phi) is 4.21. The maximum Gasteiger partial charge on any atom is 0.329 e. The summed E-state index contributed by atoms with van der Waals surface area (Å²) in [4.78, 5) is 28.1. The first kappa shape index (κ1) is 15.0. The summed E-state index contributed by atoms with van der Waals surface area (Å²) >= 11 is 0. The van der Waals surface area contributed by atoms with Gasteiger partial charge in [-0.2, -0.15) is 0 Å². The molecule has 0 aliphatic heterocycles. The SMILES string of the molecule is CCC(CC)(NC(=O)c1nccc2ccccc12)C(=O)O. The van der Waals surface area contributed by atoms with Gasteiger partial charge < -0.3 is 10.4 Å². The molecule has 110 valence electrons. The van der Waals surface area contributed by atoms with Gasteiger partial charge in [0.2, 0.25) is 0 Å². The Morgan fingerprint density at radius 3 is 2.48 bits per heavy atom. The van der Waals surface area contributed by atoms with Crippen LogP contribution in [-0.4, -0.2) is 27.5 Å². The van der Waals surface area contributed by atoms with E-state index in [1.807, 2.05) is 24.3 Å². The minimum atomic E-state index is -1.25. The molecule has 1 amide bonds. The predicted molar refractivity (Wildman–Crippen MR) is 80.2 cm³/mol. The second-order valence-corrected chi connectivity index (χ2v) is 4.93. The molecule has 0 radical (unpaired) electrons. The lowest BCUT2D eigenvalue weighted by Gasteiger charge is -2.28. The Morgan fingerprint density at radius 2 is 1.86 bits per heavy atom. The van der Waals surface area contributed by atoms with Crippen LogP contribution in [-0.2, 0) is 4.79 Å². The van der Waals surface area contributed by atoms with Crippen LogP contribution in [0.5, 0.6) is 0 Å². The maximum absolute atomic E-state index is 12.5. The predicted octanol–water partition coefficient (Wildman–Crippen LogP) is 2.61. The normalized spacial score (nSPS) is 11.3. The number of nitrogens with one attached hydrogen (secondary N) is 1. The van der Waals surface area contributed by atoms with Crippen molar-refractivity contribution in [2.75, 3.05) is 0 Å². The van der Waals surface area contributed by atoms with E-state index in [4.69, 9.17) is 0 Å². The second-order valence-electron chi connectivity index (χ2n) is 4.93. The van der Waals surface area contributed by atoms with Crippen LogP contribution in [0.1, 0.15) is 37.2 Å². The molecular weight excluding hydrogens is 268 g/mol. The van der Waals surface area contributed by atoms with Crippen LogP contribution in [0, 0.1) is 0 Å². The lowest BCUT2D eigenvalue weighted by Crippen LogP contribution is -2.53. The van der Waals surface area contributed by atoms with E-state index in [2.05, 4.69) is 10.3 Å². The molecule has 0 atom stereocenters. The Hall–Kier alpha value is -2.43. The molecule has 2 aromatic rings. The van der Waals surface area contributed by atoms with Crippen molar-refractivity contribution in [1.82, 2.24) is 10.3 Å². The number of nitrogens with zero attached hydrogens (tertiary/aromatic N) is 1. The van der Waals surface area contributed by atoms with E-state index in [1.165, 1.54) is 0 Å². The molecule has 5 heteroatoms. The number of hydrogen-bond acceptors (Lipinski definition) is 3. The van der Waals surface area contributed by atoms with Crippen molar-refractivity contribution >= 4 is 22.6 Å². The van der Waals surface area contributed by atoms with Crippen LogP contribution in [0.15, 0.2) is 36.5 Å². The van der Waals surface area contributed by atoms with Crippen LogP contribution in [0.2, 0.25) is 0 Å². The van der Waals surface area contributed by atoms with E-state index < -0.39 is 17.4 Å². The number of benzene rings is 1. The molecule has 0 spiro atoms. The summed E-state index contributed by atoms with van der Waals surface area (Å²) in [5, 5.41) is 13.6. The Labute approximate surface area is 123 Å². The van der Waals surface area contributed by atoms with Gasteiger partial charge in [0.25, 0.3) is 5.91 Å². The van der Waals surface area contributed by atoms with Gasteiger partial charge in [0.05, 0.1) is 0 Å². The smallest absolute Gasteiger partial charge is 0.329 e. The van der Waals surface area contributed by atoms with Crippen molar-refractivity contribution in [2.24, 2.45) is 0 Å². The summed E-state index contributed by atoms with van der Waals surface area (Å²) in [6.07, 6.45) is 2.18. The van der Waals surface area contributed by atoms with Crippen molar-refractivity contribution in [1.29, 1.82) is 0 Å². The van der Waals surface area contributed by atoms with Crippen molar-refractivity contribution < 1.29 is 14.7 Å². The average Bonchev–Trinajstić information content (AvgIpc) is 2.51. The second kappa shape index (κ2) is 5.91. The summed E-state index contributed by atoms with van der Waals surface area (Å²) < 4.78 is 0. The molecule has 0 saturated heterocycles. The standard InChI is InChI=1S/C16H18N2O3/c1-3-16(4-2,15(20)21)18-14(19)13-12-8-6-5-7-11(12)9-10-17-13/h5-10H,3-4H2,1-2H3,(H,18,19)(H,20,21). The number of carboxylic acid groups (broad SMARTS) is 1. The van der Waals surface area contributed by atoms with Gasteiger partial charge in [0.15, 0.2) is 0 Å². The van der Waals surface area contributed by atoms with Crippen LogP contribution in [0.4, 0.5) is 0 Å². The molecule has 1 aromatic heterocycles. The fourth-order valence-corrected chi connectivity index (χ4v) is 2.36. The summed E-state index contributed by atoms with van der Waals surface area (Å²) in [5.41, 5.74) is -1.00. The highest BCUT2D eigenvalue weighted by molar-refractivity contribution is 6.06. The molecule has 0 saturated carbocycles. The van der Waals surface area contributed by atoms with Gasteiger partial charge >= 0.3 is 5.97 Å². The van der Waals surface area contributed by atoms with Crippen molar-refractivity contribution in [3.05, 3.63) is 42.2 Å². The van der Waals surface area contributed by atoms with Crippen LogP contribution in [0.3, 0.4) is 0 Å². The van der Waals surface area contributed by atoms with E-state index >= 15 is 0 Å². The number of amides is 1. The first-order chi connectivity index (χ1) is 10.0. The number of rotatable bonds is 5. The van der Waals surface area contributed by atoms with Gasteiger partial charge in [0.1, 0.15) is 11.2 Å². The molecule has 0 aliphatic carbocycles. The number of fused-ring (bicyclic) bond motifs is 1. The van der Waals surface area contributed by atoms with Crippen molar-refractivity contribution in [3.8, 4) is 0 Å². The molecule has 0 fully saturated rings. The molecule has 5 nitrogen and oxygen atoms in total. The van der Waals surface area contributed by atoms with Crippen LogP contribution >= 0.6 is 0 Å². The minimum Gasteiger partial charge on any atom is -0.480 e. The molecule has 0 aliphatic rings. The maximum atomic E-state index is 12.5. The fraction of sp³-hybridized carbons (Fsp3) is 0.312. The van der Waals surface area contributed by atoms with Gasteiger partial charge in [-0.05, 0) is 24.3 Å². The number of aliphatic carboxylic acids is 1. The van der Waals surface area contributed by atoms with Gasteiger partial charge in [-0.25, -0.2) is 4.79 Å². The lowest BCUT2D eigenvalue weighted by molar-refractivity contribution is -0.144. The van der Waals surface area contributed by atoms with E-state index in [-0.39, 0.29) is 5.69 Å². The van der Waals surface area contributed by atoms with E-state index in [1.54, 1.807) is 26.1 Å². The van der Waals surface area contributed by atoms with Crippen LogP contribution in [0.25, 0.3) is 10.8 Å². The van der Waals surface area contributed by atoms with Gasteiger partial charge in [-0.1, -0.05) is 38.1 Å². The van der Waals surface area contributed by atoms with E-state index in [0.29, 0.717) is 18.2 Å². The lowest BCUT2D eigenvalue weighted by atomic mass is 9.92. The highest BCUT2D eigenvalue weighted by atomic mass is 16.4. The topological polar surface area (TPSA) is 79.3 Å². The zero-order valence-electron chi connectivity index (χ0n) is 12.1. The highest BCUT2D eigenvalue weighted by Crippen LogP contribution is 2.20. The van der Waals surface area contributed by atoms with Gasteiger partial charge in [-0.3, -0.25) is 9.78 Å². The monoisotopic (exact) mass is 286 g/mol. The third-order valence-corrected chi connectivity index (χ3v) is 3.86. The van der Waals surface area contributed by atoms with Crippen molar-refractivity contribution in [3.63, 3.8) is 0 Å². The largest absolute Gasteiger partial charge is 0.480 e. The number of carbonyl (C=O) groups excluding carboxylic acids is 1. The molecule has 0 unspecified atom stereocenters. The van der Waals surface area contributed by atoms with Crippen molar-refractivity contribution in [2.45, 2.75) is 32.2 Å². The number of hydrogen-bond donors (Lipinski definition) is 2. The van der Waals surface area contributed by atoms with Crippen LogP contribution < -0.4 is 5.32 Å². The fourth-order valence-electron chi connectivity index (χ4n) is 2.36. The summed E-state index contributed by atoms with van der Waals surface area (Å²) in [5.74, 6) is -1.49. The first-order valence-corrected chi connectivity index (χ1v) is 6.93. The Bertz CT molecular complexity index is 673. The van der Waals surface area contributed by atoms with E-state index in [9.17, 15) is 14.7 Å². The molecular formula is C16H18N2O3. The van der Waals surface area contributed by atoms with Gasteiger partial charge in [0, 0.05) is 11.6 Å². The number of carboxylic acids is 1. The summed E-state index contributed by atoms with van der Waals surface area (Å²) in [6, 6.07) is 9.21. The highest BCUT2D eigenvalue weighted by Gasteiger charge is 2.37.